The van der Waals surface area contributed by atoms with Gasteiger partial charge in [0.05, 0.1) is 24.2 Å². The highest BCUT2D eigenvalue weighted by Crippen LogP contribution is 2.84. The van der Waals surface area contributed by atoms with Crippen LogP contribution in [0.25, 0.3) is 0 Å². The highest BCUT2D eigenvalue weighted by Gasteiger charge is 2.86. The Morgan fingerprint density at radius 1 is 1.13 bits per heavy atom. The number of alkyl halides is 2. The van der Waals surface area contributed by atoms with Crippen molar-refractivity contribution in [2.24, 2.45) is 57.7 Å². The van der Waals surface area contributed by atoms with Crippen LogP contribution in [-0.2, 0) is 14.3 Å². The lowest BCUT2D eigenvalue weighted by Gasteiger charge is -2.60. The molecule has 0 radical (unpaired) electrons. The van der Waals surface area contributed by atoms with Crippen LogP contribution in [0, 0.1) is 57.7 Å². The van der Waals surface area contributed by atoms with Crippen molar-refractivity contribution in [2.75, 3.05) is 32.7 Å². The SMILES string of the molecule is CC(C)C1=CC2CC3(C=O)[C@@H]4CC[C@@H](C)[C@H]4CC2([C@H]2C[C@@H](C4CCCCC4)[C@H](CNCCN4CCCC(F)(F)C4)O2)[C@]13C(=O)O. The van der Waals surface area contributed by atoms with E-state index < -0.39 is 28.1 Å². The molecule has 0 spiro atoms. The van der Waals surface area contributed by atoms with Crippen molar-refractivity contribution < 1.29 is 28.2 Å². The third-order valence-corrected chi connectivity index (χ3v) is 14.6. The zero-order chi connectivity index (χ0) is 31.8. The van der Waals surface area contributed by atoms with E-state index in [2.05, 4.69) is 32.2 Å². The van der Waals surface area contributed by atoms with E-state index in [4.69, 9.17) is 4.74 Å². The molecule has 7 aliphatic rings. The summed E-state index contributed by atoms with van der Waals surface area (Å²) in [6, 6.07) is 0. The monoisotopic (exact) mass is 630 g/mol. The van der Waals surface area contributed by atoms with Crippen LogP contribution in [0.1, 0.15) is 97.8 Å². The normalized spacial score (nSPS) is 46.0. The van der Waals surface area contributed by atoms with Crippen molar-refractivity contribution in [3.8, 4) is 0 Å². The van der Waals surface area contributed by atoms with E-state index in [0.717, 1.165) is 44.1 Å². The van der Waals surface area contributed by atoms with Crippen molar-refractivity contribution in [3.05, 3.63) is 11.6 Å². The standard InChI is InChI=1S/C37H56F2N2O4/c1-23(2)30-16-26-18-34(22-42)29-11-10-24(3)28(29)19-36(26,37(30,34)33(43)44)32-17-27(25-8-5-4-6-9-25)31(45-32)20-40-13-15-41-14-7-12-35(38,39)21-41/h16,22-29,31-32,40H,4-15,17-21H2,1-3H3,(H,43,44)/t24-,26?,27+,28-,29-,31+,32-,34?,36?,37+/m1/s1. The van der Waals surface area contributed by atoms with Crippen molar-refractivity contribution in [1.29, 1.82) is 0 Å². The Kier molecular flexibility index (Phi) is 8.33. The molecule has 2 heterocycles. The van der Waals surface area contributed by atoms with Gasteiger partial charge in [-0.2, -0.15) is 0 Å². The first kappa shape index (κ1) is 32.2. The molecule has 0 aromatic heterocycles. The van der Waals surface area contributed by atoms with Gasteiger partial charge >= 0.3 is 5.97 Å². The molecule has 45 heavy (non-hydrogen) atoms. The van der Waals surface area contributed by atoms with E-state index in [1.54, 1.807) is 0 Å². The molecule has 6 nitrogen and oxygen atoms in total. The number of likely N-dealkylation sites (tertiary alicyclic amines) is 1. The fourth-order valence-corrected chi connectivity index (χ4v) is 12.9. The van der Waals surface area contributed by atoms with Gasteiger partial charge in [-0.25, -0.2) is 8.78 Å². The Morgan fingerprint density at radius 2 is 1.91 bits per heavy atom. The van der Waals surface area contributed by atoms with Crippen LogP contribution < -0.4 is 5.32 Å². The minimum absolute atomic E-state index is 0.0168. The third-order valence-electron chi connectivity index (χ3n) is 14.6. The maximum Gasteiger partial charge on any atom is 0.315 e. The molecule has 4 bridgehead atoms. The number of nitrogens with one attached hydrogen (secondary N) is 1. The van der Waals surface area contributed by atoms with Gasteiger partial charge in [-0.15, -0.1) is 0 Å². The van der Waals surface area contributed by atoms with Gasteiger partial charge in [-0.1, -0.05) is 70.9 Å². The quantitative estimate of drug-likeness (QED) is 0.161. The number of hydrogen-bond acceptors (Lipinski definition) is 5. The van der Waals surface area contributed by atoms with Crippen LogP contribution in [0.5, 0.6) is 0 Å². The van der Waals surface area contributed by atoms with Gasteiger partial charge in [0.1, 0.15) is 11.7 Å². The Labute approximate surface area is 268 Å². The number of nitrogens with zero attached hydrogens (tertiary/aromatic N) is 1. The molecule has 3 unspecified atom stereocenters. The second-order valence-corrected chi connectivity index (χ2v) is 16.8. The summed E-state index contributed by atoms with van der Waals surface area (Å²) in [7, 11) is 0. The first-order valence-corrected chi connectivity index (χ1v) is 18.4. The molecule has 2 aliphatic heterocycles. The summed E-state index contributed by atoms with van der Waals surface area (Å²) in [6.45, 7) is 8.99. The molecule has 252 valence electrons. The number of aliphatic carboxylic acids is 1. The Balaban J connectivity index is 1.20. The van der Waals surface area contributed by atoms with Crippen molar-refractivity contribution >= 4 is 12.3 Å². The summed E-state index contributed by atoms with van der Waals surface area (Å²) in [4.78, 5) is 29.5. The summed E-state index contributed by atoms with van der Waals surface area (Å²) in [5.41, 5.74) is -1.72. The molecule has 0 amide bonds. The van der Waals surface area contributed by atoms with Crippen LogP contribution in [0.15, 0.2) is 11.6 Å². The van der Waals surface area contributed by atoms with Crippen LogP contribution in [-0.4, -0.2) is 73.1 Å². The number of carboxylic acids is 1. The fraction of sp³-hybridized carbons (Fsp3) is 0.892. The van der Waals surface area contributed by atoms with Gasteiger partial charge in [0.2, 0.25) is 0 Å². The molecule has 0 aromatic rings. The van der Waals surface area contributed by atoms with Crippen molar-refractivity contribution in [3.63, 3.8) is 0 Å². The minimum atomic E-state index is -2.60. The molecule has 2 saturated heterocycles. The largest absolute Gasteiger partial charge is 0.481 e. The molecule has 7 rings (SSSR count). The maximum absolute atomic E-state index is 14.1. The number of rotatable bonds is 10. The second-order valence-electron chi connectivity index (χ2n) is 16.8. The molecule has 6 fully saturated rings. The van der Waals surface area contributed by atoms with Crippen LogP contribution in [0.2, 0.25) is 0 Å². The number of carbonyl (C=O) groups is 2. The lowest BCUT2D eigenvalue weighted by atomic mass is 9.41. The summed E-state index contributed by atoms with van der Waals surface area (Å²) in [6.07, 6.45) is 14.2. The number of piperidine rings is 1. The zero-order valence-corrected chi connectivity index (χ0v) is 27.7. The Hall–Kier alpha value is -1.38. The molecule has 5 aliphatic carbocycles. The highest BCUT2D eigenvalue weighted by atomic mass is 19.3. The molecule has 2 N–H and O–H groups in total. The van der Waals surface area contributed by atoms with E-state index in [1.165, 1.54) is 32.1 Å². The van der Waals surface area contributed by atoms with Gasteiger partial charge in [0.25, 0.3) is 5.92 Å². The van der Waals surface area contributed by atoms with E-state index in [-0.39, 0.29) is 42.9 Å². The predicted molar refractivity (Wildman–Crippen MR) is 169 cm³/mol. The Bertz CT molecular complexity index is 1190. The van der Waals surface area contributed by atoms with Gasteiger partial charge in [0.15, 0.2) is 0 Å². The number of carbonyl (C=O) groups excluding carboxylic acids is 1. The first-order chi connectivity index (χ1) is 21.5. The third kappa shape index (κ3) is 4.60. The van der Waals surface area contributed by atoms with E-state index in [9.17, 15) is 23.5 Å². The molecule has 4 saturated carbocycles. The summed E-state index contributed by atoms with van der Waals surface area (Å²) in [5, 5.41) is 15.1. The number of fused-ring (bicyclic) bond motifs is 2. The van der Waals surface area contributed by atoms with Gasteiger partial charge in [0, 0.05) is 31.5 Å². The van der Waals surface area contributed by atoms with Crippen molar-refractivity contribution in [2.45, 2.75) is 116 Å². The molecule has 10 atom stereocenters. The van der Waals surface area contributed by atoms with Crippen LogP contribution >= 0.6 is 0 Å². The molecule has 0 aromatic carbocycles. The van der Waals surface area contributed by atoms with Gasteiger partial charge in [-0.05, 0) is 80.1 Å². The van der Waals surface area contributed by atoms with Gasteiger partial charge < -0.3 is 20.0 Å². The minimum Gasteiger partial charge on any atom is -0.481 e. The smallest absolute Gasteiger partial charge is 0.315 e. The molecular formula is C37H56F2N2O4. The molecular weight excluding hydrogens is 574 g/mol. The summed E-state index contributed by atoms with van der Waals surface area (Å²) in [5.74, 6) is -1.45. The number of halogens is 2. The van der Waals surface area contributed by atoms with E-state index >= 15 is 0 Å². The number of carboxylic acid groups (broad SMARTS) is 1. The fourth-order valence-electron chi connectivity index (χ4n) is 12.9. The van der Waals surface area contributed by atoms with Crippen LogP contribution in [0.3, 0.4) is 0 Å². The highest BCUT2D eigenvalue weighted by molar-refractivity contribution is 5.90. The number of hydrogen-bond donors (Lipinski definition) is 2. The van der Waals surface area contributed by atoms with Crippen molar-refractivity contribution in [1.82, 2.24) is 10.2 Å². The van der Waals surface area contributed by atoms with Gasteiger partial charge in [-0.3, -0.25) is 9.69 Å². The zero-order valence-electron chi connectivity index (χ0n) is 27.7. The second kappa shape index (κ2) is 11.6. The summed E-state index contributed by atoms with van der Waals surface area (Å²) < 4.78 is 35.3. The lowest BCUT2D eigenvalue weighted by molar-refractivity contribution is -0.197. The number of aldehydes is 1. The van der Waals surface area contributed by atoms with E-state index in [1.807, 2.05) is 4.90 Å². The first-order valence-electron chi connectivity index (χ1n) is 18.4. The van der Waals surface area contributed by atoms with Crippen LogP contribution in [0.4, 0.5) is 8.78 Å². The average molecular weight is 631 g/mol. The molecule has 8 heteroatoms. The summed E-state index contributed by atoms with van der Waals surface area (Å²) >= 11 is 0. The number of ether oxygens (including phenoxy) is 1. The maximum atomic E-state index is 14.1. The number of allylic oxidation sites excluding steroid dienone is 1. The predicted octanol–water partition coefficient (Wildman–Crippen LogP) is 6.59. The topological polar surface area (TPSA) is 78.9 Å². The van der Waals surface area contributed by atoms with E-state index in [0.29, 0.717) is 56.1 Å². The Morgan fingerprint density at radius 3 is 2.60 bits per heavy atom. The average Bonchev–Trinajstić information content (AvgIpc) is 3.72. The lowest BCUT2D eigenvalue weighted by Crippen LogP contribution is -2.65.